The second kappa shape index (κ2) is 5.46. The lowest BCUT2D eigenvalue weighted by molar-refractivity contribution is -0.125. The lowest BCUT2D eigenvalue weighted by Crippen LogP contribution is -2.41. The minimum Gasteiger partial charge on any atom is -0.370 e. The van der Waals surface area contributed by atoms with Crippen molar-refractivity contribution in [1.82, 2.24) is 0 Å². The maximum atomic E-state index is 12.4. The lowest BCUT2D eigenvalue weighted by atomic mass is 10.2. The fourth-order valence-corrected chi connectivity index (χ4v) is 2.30. The van der Waals surface area contributed by atoms with Gasteiger partial charge in [-0.15, -0.1) is 0 Å². The monoisotopic (exact) mass is 259 g/mol. The first-order valence-corrected chi connectivity index (χ1v) is 5.98. The number of para-hydroxylation sites is 1. The summed E-state index contributed by atoms with van der Waals surface area (Å²) < 4.78 is 29.8. The average Bonchev–Trinajstić information content (AvgIpc) is 2.30. The smallest absolute Gasteiger partial charge is 0.288 e. The van der Waals surface area contributed by atoms with Crippen molar-refractivity contribution in [3.05, 3.63) is 24.3 Å². The van der Waals surface area contributed by atoms with Crippen LogP contribution in [0, 0.1) is 0 Å². The van der Waals surface area contributed by atoms with E-state index in [0.717, 1.165) is 0 Å². The molecule has 6 heteroatoms. The van der Waals surface area contributed by atoms with E-state index in [1.54, 1.807) is 24.3 Å². The summed E-state index contributed by atoms with van der Waals surface area (Å²) in [5, 5.41) is 0. The first-order chi connectivity index (χ1) is 8.18. The van der Waals surface area contributed by atoms with Crippen LogP contribution in [-0.2, 0) is 9.53 Å². The fourth-order valence-electron chi connectivity index (χ4n) is 1.65. The summed E-state index contributed by atoms with van der Waals surface area (Å²) >= 11 is 0.453. The van der Waals surface area contributed by atoms with Gasteiger partial charge < -0.3 is 9.64 Å². The number of ether oxygens (including phenoxy) is 1. The molecule has 92 valence electrons. The minimum absolute atomic E-state index is 0.00762. The maximum Gasteiger partial charge on any atom is 0.288 e. The number of benzene rings is 1. The highest BCUT2D eigenvalue weighted by Gasteiger charge is 2.23. The SMILES string of the molecule is O=C1COCCN1c1ccccc1SC(F)F. The molecule has 1 aliphatic heterocycles. The molecule has 2 rings (SSSR count). The molecule has 0 spiro atoms. The summed E-state index contributed by atoms with van der Waals surface area (Å²) in [5.74, 6) is -2.69. The third-order valence-electron chi connectivity index (χ3n) is 2.36. The van der Waals surface area contributed by atoms with Crippen LogP contribution < -0.4 is 4.90 Å². The zero-order valence-electron chi connectivity index (χ0n) is 8.94. The number of hydrogen-bond acceptors (Lipinski definition) is 3. The Hall–Kier alpha value is -1.14. The number of alkyl halides is 2. The summed E-state index contributed by atoms with van der Waals surface area (Å²) in [6.45, 7) is 0.840. The highest BCUT2D eigenvalue weighted by atomic mass is 32.2. The molecule has 0 radical (unpaired) electrons. The molecule has 0 unspecified atom stereocenters. The summed E-state index contributed by atoms with van der Waals surface area (Å²) in [5.41, 5.74) is 0.533. The van der Waals surface area contributed by atoms with Crippen molar-refractivity contribution >= 4 is 23.4 Å². The van der Waals surface area contributed by atoms with E-state index in [1.165, 1.54) is 4.90 Å². The van der Waals surface area contributed by atoms with E-state index in [1.807, 2.05) is 0 Å². The highest BCUT2D eigenvalue weighted by Crippen LogP contribution is 2.34. The van der Waals surface area contributed by atoms with Crippen molar-refractivity contribution in [2.24, 2.45) is 0 Å². The van der Waals surface area contributed by atoms with E-state index in [2.05, 4.69) is 0 Å². The van der Waals surface area contributed by atoms with Crippen molar-refractivity contribution in [3.63, 3.8) is 0 Å². The van der Waals surface area contributed by atoms with Crippen molar-refractivity contribution in [2.75, 3.05) is 24.7 Å². The van der Waals surface area contributed by atoms with Crippen LogP contribution >= 0.6 is 11.8 Å². The Morgan fingerprint density at radius 2 is 2.12 bits per heavy atom. The molecule has 1 aromatic carbocycles. The van der Waals surface area contributed by atoms with E-state index >= 15 is 0 Å². The van der Waals surface area contributed by atoms with Crippen molar-refractivity contribution in [2.45, 2.75) is 10.7 Å². The molecule has 3 nitrogen and oxygen atoms in total. The van der Waals surface area contributed by atoms with E-state index in [9.17, 15) is 13.6 Å². The summed E-state index contributed by atoms with van der Waals surface area (Å²) in [6.07, 6.45) is 0. The van der Waals surface area contributed by atoms with Gasteiger partial charge in [0.05, 0.1) is 12.3 Å². The summed E-state index contributed by atoms with van der Waals surface area (Å²) in [4.78, 5) is 13.5. The Kier molecular flexibility index (Phi) is 3.96. The third-order valence-corrected chi connectivity index (χ3v) is 3.14. The first kappa shape index (κ1) is 12.3. The van der Waals surface area contributed by atoms with Gasteiger partial charge in [0.2, 0.25) is 0 Å². The van der Waals surface area contributed by atoms with Gasteiger partial charge in [-0.05, 0) is 12.1 Å². The molecule has 1 fully saturated rings. The van der Waals surface area contributed by atoms with Crippen molar-refractivity contribution < 1.29 is 18.3 Å². The van der Waals surface area contributed by atoms with E-state index in [0.29, 0.717) is 35.5 Å². The molecule has 1 aliphatic rings. The molecule has 0 bridgehead atoms. The largest absolute Gasteiger partial charge is 0.370 e. The first-order valence-electron chi connectivity index (χ1n) is 5.10. The number of carbonyl (C=O) groups excluding carboxylic acids is 1. The second-order valence-electron chi connectivity index (χ2n) is 3.44. The van der Waals surface area contributed by atoms with Crippen molar-refractivity contribution in [1.29, 1.82) is 0 Å². The van der Waals surface area contributed by atoms with Gasteiger partial charge >= 0.3 is 0 Å². The molecule has 0 N–H and O–H groups in total. The number of morpholine rings is 1. The molecular formula is C11H11F2NO2S. The maximum absolute atomic E-state index is 12.4. The van der Waals surface area contributed by atoms with Gasteiger partial charge in [-0.25, -0.2) is 0 Å². The standard InChI is InChI=1S/C11H11F2NO2S/c12-11(13)17-9-4-2-1-3-8(9)14-5-6-16-7-10(14)15/h1-4,11H,5-7H2. The number of rotatable bonds is 3. The fraction of sp³-hybridized carbons (Fsp3) is 0.364. The lowest BCUT2D eigenvalue weighted by Gasteiger charge is -2.28. The normalized spacial score (nSPS) is 16.6. The van der Waals surface area contributed by atoms with Gasteiger partial charge in [0.25, 0.3) is 11.7 Å². The number of amides is 1. The number of thioether (sulfide) groups is 1. The Labute approximate surface area is 102 Å². The van der Waals surface area contributed by atoms with Crippen LogP contribution in [0.3, 0.4) is 0 Å². The molecule has 1 amide bonds. The van der Waals surface area contributed by atoms with Crippen LogP contribution in [0.1, 0.15) is 0 Å². The van der Waals surface area contributed by atoms with Gasteiger partial charge in [0.15, 0.2) is 0 Å². The molecule has 0 saturated carbocycles. The van der Waals surface area contributed by atoms with Crippen molar-refractivity contribution in [3.8, 4) is 0 Å². The van der Waals surface area contributed by atoms with E-state index in [-0.39, 0.29) is 12.5 Å². The third kappa shape index (κ3) is 2.95. The minimum atomic E-state index is -2.49. The Balaban J connectivity index is 2.26. The molecule has 0 atom stereocenters. The molecule has 1 saturated heterocycles. The summed E-state index contributed by atoms with van der Waals surface area (Å²) in [7, 11) is 0. The highest BCUT2D eigenvalue weighted by molar-refractivity contribution is 7.99. The molecule has 0 aliphatic carbocycles. The predicted molar refractivity (Wildman–Crippen MR) is 61.5 cm³/mol. The molecule has 0 aromatic heterocycles. The molecule has 17 heavy (non-hydrogen) atoms. The van der Waals surface area contributed by atoms with Gasteiger partial charge in [-0.2, -0.15) is 8.78 Å². The van der Waals surface area contributed by atoms with Gasteiger partial charge in [0.1, 0.15) is 6.61 Å². The predicted octanol–water partition coefficient (Wildman–Crippen LogP) is 2.36. The van der Waals surface area contributed by atoms with Gasteiger partial charge in [-0.1, -0.05) is 23.9 Å². The topological polar surface area (TPSA) is 29.5 Å². The van der Waals surface area contributed by atoms with Crippen LogP contribution in [-0.4, -0.2) is 31.4 Å². The average molecular weight is 259 g/mol. The zero-order valence-corrected chi connectivity index (χ0v) is 9.75. The van der Waals surface area contributed by atoms with Crippen LogP contribution in [0.5, 0.6) is 0 Å². The van der Waals surface area contributed by atoms with E-state index < -0.39 is 5.76 Å². The Bertz CT molecular complexity index is 414. The summed E-state index contributed by atoms with van der Waals surface area (Å²) in [6, 6.07) is 6.68. The number of hydrogen-bond donors (Lipinski definition) is 0. The quantitative estimate of drug-likeness (QED) is 0.780. The number of anilines is 1. The number of nitrogens with zero attached hydrogens (tertiary/aromatic N) is 1. The van der Waals surface area contributed by atoms with Crippen LogP contribution in [0.15, 0.2) is 29.2 Å². The second-order valence-corrected chi connectivity index (χ2v) is 4.48. The van der Waals surface area contributed by atoms with Crippen LogP contribution in [0.4, 0.5) is 14.5 Å². The van der Waals surface area contributed by atoms with Crippen LogP contribution in [0.25, 0.3) is 0 Å². The molecule has 1 aromatic rings. The van der Waals surface area contributed by atoms with Gasteiger partial charge in [0, 0.05) is 11.4 Å². The Morgan fingerprint density at radius 3 is 2.82 bits per heavy atom. The number of halogens is 2. The zero-order chi connectivity index (χ0) is 12.3. The molecular weight excluding hydrogens is 248 g/mol. The molecule has 1 heterocycles. The Morgan fingerprint density at radius 1 is 1.35 bits per heavy atom. The van der Waals surface area contributed by atoms with Gasteiger partial charge in [-0.3, -0.25) is 4.79 Å². The van der Waals surface area contributed by atoms with Crippen LogP contribution in [0.2, 0.25) is 0 Å². The van der Waals surface area contributed by atoms with E-state index in [4.69, 9.17) is 4.74 Å². The number of carbonyl (C=O) groups is 1.